The van der Waals surface area contributed by atoms with Gasteiger partial charge in [0.25, 0.3) is 0 Å². The van der Waals surface area contributed by atoms with Crippen LogP contribution in [0.25, 0.3) is 0 Å². The second-order valence-electron chi connectivity index (χ2n) is 6.83. The molecule has 1 fully saturated rings. The maximum absolute atomic E-state index is 12.9. The summed E-state index contributed by atoms with van der Waals surface area (Å²) in [5.41, 5.74) is 1.04. The van der Waals surface area contributed by atoms with E-state index in [1.54, 1.807) is 6.20 Å². The van der Waals surface area contributed by atoms with E-state index in [1.807, 2.05) is 55.3 Å². The molecular weight excluding hydrogens is 362 g/mol. The third-order valence-electron chi connectivity index (χ3n) is 4.94. The van der Waals surface area contributed by atoms with Gasteiger partial charge in [0, 0.05) is 44.4 Å². The Bertz CT molecular complexity index is 758. The Morgan fingerprint density at radius 1 is 1.26 bits per heavy atom. The first-order valence-corrected chi connectivity index (χ1v) is 9.78. The van der Waals surface area contributed by atoms with Crippen molar-refractivity contribution in [1.82, 2.24) is 9.88 Å². The number of carbonyl (C=O) groups excluding carboxylic acids is 1. The van der Waals surface area contributed by atoms with Crippen molar-refractivity contribution in [3.05, 3.63) is 53.2 Å². The number of benzene rings is 1. The Hall–Kier alpha value is -2.27. The summed E-state index contributed by atoms with van der Waals surface area (Å²) >= 11 is 5.91. The van der Waals surface area contributed by atoms with Gasteiger partial charge in [0.1, 0.15) is 11.6 Å². The Labute approximate surface area is 165 Å². The molecule has 1 aliphatic rings. The molecule has 0 bridgehead atoms. The van der Waals surface area contributed by atoms with Gasteiger partial charge < -0.3 is 14.5 Å². The zero-order chi connectivity index (χ0) is 19.2. The molecule has 1 saturated heterocycles. The van der Waals surface area contributed by atoms with Gasteiger partial charge in [-0.05, 0) is 38.0 Å². The van der Waals surface area contributed by atoms with Crippen LogP contribution in [0.15, 0.2) is 42.6 Å². The third-order valence-corrected chi connectivity index (χ3v) is 5.16. The van der Waals surface area contributed by atoms with Gasteiger partial charge in [-0.25, -0.2) is 4.98 Å². The van der Waals surface area contributed by atoms with Crippen molar-refractivity contribution in [2.75, 3.05) is 31.6 Å². The lowest BCUT2D eigenvalue weighted by Crippen LogP contribution is -2.41. The van der Waals surface area contributed by atoms with Gasteiger partial charge in [0.2, 0.25) is 5.91 Å². The number of hydrogen-bond acceptors (Lipinski definition) is 4. The molecule has 6 heteroatoms. The van der Waals surface area contributed by atoms with E-state index >= 15 is 0 Å². The van der Waals surface area contributed by atoms with Crippen LogP contribution in [-0.4, -0.2) is 42.5 Å². The first kappa shape index (κ1) is 19.5. The van der Waals surface area contributed by atoms with Gasteiger partial charge in [0.05, 0.1) is 11.6 Å². The molecule has 2 aromatic rings. The Morgan fingerprint density at radius 2 is 2.00 bits per heavy atom. The van der Waals surface area contributed by atoms with E-state index in [1.165, 1.54) is 0 Å². The van der Waals surface area contributed by atoms with Gasteiger partial charge in [-0.1, -0.05) is 29.8 Å². The number of amides is 1. The minimum atomic E-state index is 0.0535. The number of para-hydroxylation sites is 1. The summed E-state index contributed by atoms with van der Waals surface area (Å²) in [6.07, 6.45) is 3.33. The van der Waals surface area contributed by atoms with Gasteiger partial charge in [-0.15, -0.1) is 0 Å². The minimum absolute atomic E-state index is 0.0535. The molecule has 27 heavy (non-hydrogen) atoms. The zero-order valence-corrected chi connectivity index (χ0v) is 16.7. The topological polar surface area (TPSA) is 45.7 Å². The summed E-state index contributed by atoms with van der Waals surface area (Å²) in [5.74, 6) is 2.02. The second kappa shape index (κ2) is 9.09. The highest BCUT2D eigenvalue weighted by Gasteiger charge is 2.28. The molecule has 5 nitrogen and oxygen atoms in total. The van der Waals surface area contributed by atoms with Crippen LogP contribution in [0.3, 0.4) is 0 Å². The quantitative estimate of drug-likeness (QED) is 0.751. The molecule has 0 aliphatic carbocycles. The van der Waals surface area contributed by atoms with Crippen molar-refractivity contribution in [2.45, 2.75) is 26.3 Å². The smallest absolute Gasteiger partial charge is 0.225 e. The minimum Gasteiger partial charge on any atom is -0.494 e. The van der Waals surface area contributed by atoms with Gasteiger partial charge in [-0.2, -0.15) is 0 Å². The van der Waals surface area contributed by atoms with Crippen LogP contribution in [0.5, 0.6) is 5.75 Å². The number of carbonyl (C=O) groups is 1. The van der Waals surface area contributed by atoms with E-state index < -0.39 is 0 Å². The van der Waals surface area contributed by atoms with Crippen molar-refractivity contribution < 1.29 is 9.53 Å². The van der Waals surface area contributed by atoms with Gasteiger partial charge >= 0.3 is 0 Å². The van der Waals surface area contributed by atoms with Crippen molar-refractivity contribution in [1.29, 1.82) is 0 Å². The molecule has 0 spiro atoms. The Kier molecular flexibility index (Phi) is 6.56. The summed E-state index contributed by atoms with van der Waals surface area (Å²) in [6.45, 7) is 4.80. The molecule has 1 amide bonds. The van der Waals surface area contributed by atoms with Crippen molar-refractivity contribution in [2.24, 2.45) is 5.92 Å². The summed E-state index contributed by atoms with van der Waals surface area (Å²) in [4.78, 5) is 21.3. The van der Waals surface area contributed by atoms with Gasteiger partial charge in [-0.3, -0.25) is 4.79 Å². The average Bonchev–Trinajstić information content (AvgIpc) is 2.70. The molecule has 1 aromatic heterocycles. The lowest BCUT2D eigenvalue weighted by atomic mass is 9.95. The van der Waals surface area contributed by atoms with Crippen LogP contribution in [0.4, 0.5) is 5.82 Å². The van der Waals surface area contributed by atoms with E-state index in [0.717, 1.165) is 43.1 Å². The highest BCUT2D eigenvalue weighted by atomic mass is 35.5. The summed E-state index contributed by atoms with van der Waals surface area (Å²) in [5, 5.41) is 0.637. The number of nitrogens with zero attached hydrogens (tertiary/aromatic N) is 3. The highest BCUT2D eigenvalue weighted by molar-refractivity contribution is 6.30. The van der Waals surface area contributed by atoms with Crippen LogP contribution in [0.1, 0.15) is 25.3 Å². The number of pyridine rings is 1. The fourth-order valence-corrected chi connectivity index (χ4v) is 3.60. The summed E-state index contributed by atoms with van der Waals surface area (Å²) in [6, 6.07) is 11.7. The number of aromatic nitrogens is 1. The van der Waals surface area contributed by atoms with E-state index in [0.29, 0.717) is 18.2 Å². The predicted molar refractivity (Wildman–Crippen MR) is 108 cm³/mol. The Balaban J connectivity index is 1.56. The van der Waals surface area contributed by atoms with E-state index in [4.69, 9.17) is 16.3 Å². The molecule has 1 aromatic carbocycles. The molecule has 0 atom stereocenters. The largest absolute Gasteiger partial charge is 0.494 e. The maximum atomic E-state index is 12.9. The van der Waals surface area contributed by atoms with Crippen LogP contribution in [0, 0.1) is 5.92 Å². The molecule has 3 rings (SSSR count). The monoisotopic (exact) mass is 387 g/mol. The molecular formula is C21H26ClN3O2. The SMILES string of the molecule is CCOc1ccccc1CN(C)C(=O)C1CCN(c2ccc(Cl)cn2)CC1. The van der Waals surface area contributed by atoms with Crippen LogP contribution in [-0.2, 0) is 11.3 Å². The molecule has 0 N–H and O–H groups in total. The standard InChI is InChI=1S/C21H26ClN3O2/c1-3-27-19-7-5-4-6-17(19)15-24(2)21(26)16-10-12-25(13-11-16)20-9-8-18(22)14-23-20/h4-9,14,16H,3,10-13,15H2,1-2H3. The molecule has 1 aliphatic heterocycles. The number of rotatable bonds is 6. The lowest BCUT2D eigenvalue weighted by molar-refractivity contribution is -0.135. The fraction of sp³-hybridized carbons (Fsp3) is 0.429. The number of hydrogen-bond donors (Lipinski definition) is 0. The molecule has 0 radical (unpaired) electrons. The predicted octanol–water partition coefficient (Wildman–Crippen LogP) is 4.01. The van der Waals surface area contributed by atoms with Crippen LogP contribution in [0.2, 0.25) is 5.02 Å². The molecule has 0 unspecified atom stereocenters. The van der Waals surface area contributed by atoms with E-state index in [2.05, 4.69) is 9.88 Å². The highest BCUT2D eigenvalue weighted by Crippen LogP contribution is 2.25. The number of piperidine rings is 1. The molecule has 144 valence electrons. The second-order valence-corrected chi connectivity index (χ2v) is 7.27. The maximum Gasteiger partial charge on any atom is 0.225 e. The fourth-order valence-electron chi connectivity index (χ4n) is 3.49. The first-order chi connectivity index (χ1) is 13.1. The zero-order valence-electron chi connectivity index (χ0n) is 15.9. The van der Waals surface area contributed by atoms with E-state index in [-0.39, 0.29) is 11.8 Å². The van der Waals surface area contributed by atoms with Crippen LogP contribution >= 0.6 is 11.6 Å². The normalized spacial score (nSPS) is 14.9. The van der Waals surface area contributed by atoms with Crippen molar-refractivity contribution in [3.63, 3.8) is 0 Å². The van der Waals surface area contributed by atoms with Crippen LogP contribution < -0.4 is 9.64 Å². The Morgan fingerprint density at radius 3 is 2.67 bits per heavy atom. The molecule has 0 saturated carbocycles. The van der Waals surface area contributed by atoms with Crippen molar-refractivity contribution in [3.8, 4) is 5.75 Å². The lowest BCUT2D eigenvalue weighted by Gasteiger charge is -2.34. The summed E-state index contributed by atoms with van der Waals surface area (Å²) in [7, 11) is 1.87. The summed E-state index contributed by atoms with van der Waals surface area (Å²) < 4.78 is 5.67. The van der Waals surface area contributed by atoms with Crippen molar-refractivity contribution >= 4 is 23.3 Å². The first-order valence-electron chi connectivity index (χ1n) is 9.40. The van der Waals surface area contributed by atoms with Gasteiger partial charge in [0.15, 0.2) is 0 Å². The molecule has 2 heterocycles. The number of anilines is 1. The average molecular weight is 388 g/mol. The number of halogens is 1. The number of ether oxygens (including phenoxy) is 1. The third kappa shape index (κ3) is 4.92. The van der Waals surface area contributed by atoms with E-state index in [9.17, 15) is 4.79 Å².